The molecule has 0 saturated carbocycles. The fraction of sp³-hybridized carbons (Fsp3) is 0.278. The van der Waals surface area contributed by atoms with Gasteiger partial charge in [-0.3, -0.25) is 0 Å². The van der Waals surface area contributed by atoms with Crippen molar-refractivity contribution in [1.82, 2.24) is 9.55 Å². The lowest BCUT2D eigenvalue weighted by atomic mass is 10.1. The van der Waals surface area contributed by atoms with Crippen molar-refractivity contribution in [2.75, 3.05) is 0 Å². The van der Waals surface area contributed by atoms with Gasteiger partial charge in [-0.15, -0.1) is 11.6 Å². The maximum absolute atomic E-state index is 6.38. The van der Waals surface area contributed by atoms with E-state index in [1.54, 1.807) is 0 Å². The average Bonchev–Trinajstić information content (AvgIpc) is 2.88. The first-order valence-corrected chi connectivity index (χ1v) is 7.69. The molecule has 2 atom stereocenters. The maximum atomic E-state index is 6.38. The van der Waals surface area contributed by atoms with Crippen LogP contribution in [0.4, 0.5) is 0 Å². The normalized spacial score (nSPS) is 14.3. The molecule has 0 aliphatic heterocycles. The summed E-state index contributed by atoms with van der Waals surface area (Å²) >= 11 is 6.38. The highest BCUT2D eigenvalue weighted by molar-refractivity contribution is 6.20. The Bertz CT molecular complexity index is 759. The monoisotopic (exact) mass is 298 g/mol. The van der Waals surface area contributed by atoms with Crippen molar-refractivity contribution in [2.45, 2.75) is 32.2 Å². The van der Waals surface area contributed by atoms with Gasteiger partial charge in [0.05, 0.1) is 22.5 Å². The van der Waals surface area contributed by atoms with E-state index >= 15 is 0 Å². The Labute approximate surface area is 130 Å². The Morgan fingerprint density at radius 2 is 1.71 bits per heavy atom. The number of halogens is 1. The molecular weight excluding hydrogens is 280 g/mol. The summed E-state index contributed by atoms with van der Waals surface area (Å²) in [5.74, 6) is 0.928. The molecule has 21 heavy (non-hydrogen) atoms. The average molecular weight is 299 g/mol. The summed E-state index contributed by atoms with van der Waals surface area (Å²) in [4.78, 5) is 4.75. The minimum atomic E-state index is -0.122. The van der Waals surface area contributed by atoms with E-state index in [9.17, 15) is 0 Å². The predicted octanol–water partition coefficient (Wildman–Crippen LogP) is 5.25. The first kappa shape index (κ1) is 14.2. The smallest absolute Gasteiger partial charge is 0.128 e. The molecule has 3 heteroatoms. The van der Waals surface area contributed by atoms with E-state index in [1.165, 1.54) is 16.6 Å². The molecule has 3 aromatic rings. The lowest BCUT2D eigenvalue weighted by Gasteiger charge is -2.20. The third-order valence-electron chi connectivity index (χ3n) is 3.96. The molecule has 2 nitrogen and oxygen atoms in total. The van der Waals surface area contributed by atoms with Crippen LogP contribution in [0.15, 0.2) is 48.5 Å². The zero-order chi connectivity index (χ0) is 15.0. The quantitative estimate of drug-likeness (QED) is 0.604. The Hall–Kier alpha value is -1.80. The lowest BCUT2D eigenvalue weighted by molar-refractivity contribution is 0.617. The summed E-state index contributed by atoms with van der Waals surface area (Å²) in [6.07, 6.45) is 0. The number of aromatic nitrogens is 2. The lowest BCUT2D eigenvalue weighted by Crippen LogP contribution is -2.11. The number of imidazole rings is 1. The van der Waals surface area contributed by atoms with Gasteiger partial charge >= 0.3 is 0 Å². The van der Waals surface area contributed by atoms with Crippen molar-refractivity contribution >= 4 is 22.6 Å². The highest BCUT2D eigenvalue weighted by Crippen LogP contribution is 2.32. The summed E-state index contributed by atoms with van der Waals surface area (Å²) in [7, 11) is 0. The molecule has 0 bridgehead atoms. The van der Waals surface area contributed by atoms with Gasteiger partial charge in [-0.25, -0.2) is 4.98 Å². The summed E-state index contributed by atoms with van der Waals surface area (Å²) in [6, 6.07) is 16.9. The Balaban J connectivity index is 2.27. The van der Waals surface area contributed by atoms with E-state index in [0.717, 1.165) is 11.3 Å². The number of nitrogens with zero attached hydrogens (tertiary/aromatic N) is 2. The minimum absolute atomic E-state index is 0.122. The third-order valence-corrected chi connectivity index (χ3v) is 4.16. The van der Waals surface area contributed by atoms with Crippen molar-refractivity contribution in [3.63, 3.8) is 0 Å². The standard InChI is InChI=1S/C18H19ClN2/c1-12-8-7-11-16-17(12)21(18(20-16)13(2)19)14(3)15-9-5-4-6-10-15/h4-11,13-14H,1-3H3. The first-order chi connectivity index (χ1) is 10.1. The van der Waals surface area contributed by atoms with Crippen LogP contribution in [0.25, 0.3) is 11.0 Å². The molecule has 0 spiro atoms. The second-order valence-corrected chi connectivity index (χ2v) is 6.14. The van der Waals surface area contributed by atoms with Gasteiger partial charge in [-0.05, 0) is 38.0 Å². The zero-order valence-corrected chi connectivity index (χ0v) is 13.3. The van der Waals surface area contributed by atoms with E-state index < -0.39 is 0 Å². The van der Waals surface area contributed by atoms with Gasteiger partial charge in [0, 0.05) is 0 Å². The molecular formula is C18H19ClN2. The Kier molecular flexibility index (Phi) is 3.73. The minimum Gasteiger partial charge on any atom is -0.319 e. The van der Waals surface area contributed by atoms with Gasteiger partial charge in [0.2, 0.25) is 0 Å². The molecule has 0 fully saturated rings. The number of alkyl halides is 1. The molecule has 108 valence electrons. The molecule has 0 N–H and O–H groups in total. The number of hydrogen-bond donors (Lipinski definition) is 0. The van der Waals surface area contributed by atoms with Crippen molar-refractivity contribution in [3.05, 3.63) is 65.5 Å². The Morgan fingerprint density at radius 3 is 2.38 bits per heavy atom. The van der Waals surface area contributed by atoms with E-state index in [4.69, 9.17) is 16.6 Å². The molecule has 2 aromatic carbocycles. The zero-order valence-electron chi connectivity index (χ0n) is 12.5. The summed E-state index contributed by atoms with van der Waals surface area (Å²) in [5, 5.41) is -0.122. The molecule has 3 rings (SSSR count). The molecule has 2 unspecified atom stereocenters. The molecule has 0 saturated heterocycles. The number of aryl methyl sites for hydroxylation is 1. The molecule has 0 radical (unpaired) electrons. The van der Waals surface area contributed by atoms with Gasteiger partial charge in [0.1, 0.15) is 5.82 Å². The number of benzene rings is 2. The highest BCUT2D eigenvalue weighted by atomic mass is 35.5. The predicted molar refractivity (Wildman–Crippen MR) is 89.0 cm³/mol. The van der Waals surface area contributed by atoms with Crippen LogP contribution in [0, 0.1) is 6.92 Å². The topological polar surface area (TPSA) is 17.8 Å². The van der Waals surface area contributed by atoms with Gasteiger partial charge in [0.15, 0.2) is 0 Å². The summed E-state index contributed by atoms with van der Waals surface area (Å²) in [5.41, 5.74) is 4.68. The van der Waals surface area contributed by atoms with Crippen molar-refractivity contribution < 1.29 is 0 Å². The number of para-hydroxylation sites is 1. The fourth-order valence-electron chi connectivity index (χ4n) is 2.89. The molecule has 0 amide bonds. The van der Waals surface area contributed by atoms with E-state index in [-0.39, 0.29) is 11.4 Å². The SMILES string of the molecule is Cc1cccc2nc(C(C)Cl)n(C(C)c3ccccc3)c12. The van der Waals surface area contributed by atoms with E-state index in [2.05, 4.69) is 54.8 Å². The third kappa shape index (κ3) is 2.44. The maximum Gasteiger partial charge on any atom is 0.128 e. The number of fused-ring (bicyclic) bond motifs is 1. The fourth-order valence-corrected chi connectivity index (χ4v) is 3.05. The first-order valence-electron chi connectivity index (χ1n) is 7.26. The van der Waals surface area contributed by atoms with Crippen LogP contribution in [0.1, 0.15) is 42.2 Å². The van der Waals surface area contributed by atoms with Crippen molar-refractivity contribution in [2.24, 2.45) is 0 Å². The van der Waals surface area contributed by atoms with Gasteiger partial charge in [-0.2, -0.15) is 0 Å². The van der Waals surface area contributed by atoms with Crippen molar-refractivity contribution in [1.29, 1.82) is 0 Å². The molecule has 0 aliphatic rings. The van der Waals surface area contributed by atoms with Crippen LogP contribution >= 0.6 is 11.6 Å². The summed E-state index contributed by atoms with van der Waals surface area (Å²) < 4.78 is 2.28. The number of hydrogen-bond acceptors (Lipinski definition) is 1. The van der Waals surface area contributed by atoms with Crippen LogP contribution in [0.5, 0.6) is 0 Å². The van der Waals surface area contributed by atoms with Crippen LogP contribution < -0.4 is 0 Å². The van der Waals surface area contributed by atoms with Gasteiger partial charge in [0.25, 0.3) is 0 Å². The van der Waals surface area contributed by atoms with Crippen LogP contribution in [0.2, 0.25) is 0 Å². The number of rotatable bonds is 3. The molecule has 0 aliphatic carbocycles. The van der Waals surface area contributed by atoms with Crippen LogP contribution in [-0.4, -0.2) is 9.55 Å². The van der Waals surface area contributed by atoms with Crippen LogP contribution in [0.3, 0.4) is 0 Å². The largest absolute Gasteiger partial charge is 0.319 e. The van der Waals surface area contributed by atoms with Gasteiger partial charge in [-0.1, -0.05) is 42.5 Å². The molecule has 1 aromatic heterocycles. The second-order valence-electron chi connectivity index (χ2n) is 5.49. The highest BCUT2D eigenvalue weighted by Gasteiger charge is 2.20. The van der Waals surface area contributed by atoms with Crippen LogP contribution in [-0.2, 0) is 0 Å². The van der Waals surface area contributed by atoms with E-state index in [1.807, 2.05) is 19.1 Å². The van der Waals surface area contributed by atoms with E-state index in [0.29, 0.717) is 0 Å². The Morgan fingerprint density at radius 1 is 1.00 bits per heavy atom. The summed E-state index contributed by atoms with van der Waals surface area (Å²) in [6.45, 7) is 6.30. The second kappa shape index (κ2) is 5.53. The molecule has 1 heterocycles. The van der Waals surface area contributed by atoms with Crippen molar-refractivity contribution in [3.8, 4) is 0 Å². The van der Waals surface area contributed by atoms with Gasteiger partial charge < -0.3 is 4.57 Å².